The second-order valence-corrected chi connectivity index (χ2v) is 15.8. The molecule has 0 saturated carbocycles. The van der Waals surface area contributed by atoms with Crippen LogP contribution in [0.2, 0.25) is 0 Å². The van der Waals surface area contributed by atoms with E-state index in [-0.39, 0.29) is 0 Å². The summed E-state index contributed by atoms with van der Waals surface area (Å²) in [5, 5.41) is 2.55. The highest BCUT2D eigenvalue weighted by molar-refractivity contribution is 8.00. The highest BCUT2D eigenvalue weighted by Crippen LogP contribution is 2.62. The zero-order chi connectivity index (χ0) is 34.2. The van der Waals surface area contributed by atoms with Crippen molar-refractivity contribution >= 4 is 45.3 Å². The quantitative estimate of drug-likeness (QED) is 0.181. The van der Waals surface area contributed by atoms with E-state index in [0.29, 0.717) is 0 Å². The molecule has 8 aromatic carbocycles. The van der Waals surface area contributed by atoms with Gasteiger partial charge in [0, 0.05) is 36.0 Å². The van der Waals surface area contributed by atoms with Gasteiger partial charge in [0.2, 0.25) is 0 Å². The maximum absolute atomic E-state index is 2.47. The predicted molar refractivity (Wildman–Crippen MR) is 218 cm³/mol. The molecule has 11 rings (SSSR count). The molecule has 0 unspecified atom stereocenters. The van der Waals surface area contributed by atoms with Crippen molar-refractivity contribution in [2.75, 3.05) is 0 Å². The molecule has 0 saturated heterocycles. The molecular formula is C49H31NS2. The molecule has 1 nitrogen and oxygen atoms in total. The molecule has 2 aliphatic heterocycles. The van der Waals surface area contributed by atoms with Crippen LogP contribution in [0.25, 0.3) is 49.7 Å². The summed E-state index contributed by atoms with van der Waals surface area (Å²) in [7, 11) is 0. The molecule has 3 heterocycles. The van der Waals surface area contributed by atoms with Gasteiger partial charge in [-0.05, 0) is 93.0 Å². The molecule has 2 aliphatic rings. The highest BCUT2D eigenvalue weighted by Gasteiger charge is 2.48. The van der Waals surface area contributed by atoms with Crippen molar-refractivity contribution in [3.8, 4) is 27.9 Å². The number of hydrogen-bond acceptors (Lipinski definition) is 2. The fourth-order valence-corrected chi connectivity index (χ4v) is 11.2. The smallest absolute Gasteiger partial charge is 0.0745 e. The number of hydrogen-bond donors (Lipinski definition) is 0. The molecule has 0 aliphatic carbocycles. The first kappa shape index (κ1) is 29.9. The molecule has 3 heteroatoms. The molecule has 0 bridgehead atoms. The molecule has 1 aromatic heterocycles. The first-order valence-electron chi connectivity index (χ1n) is 17.8. The molecule has 0 N–H and O–H groups in total. The summed E-state index contributed by atoms with van der Waals surface area (Å²) in [6, 6.07) is 69.7. The Labute approximate surface area is 311 Å². The minimum Gasteiger partial charge on any atom is -0.309 e. The van der Waals surface area contributed by atoms with E-state index in [0.717, 1.165) is 0 Å². The van der Waals surface area contributed by atoms with Crippen molar-refractivity contribution in [2.24, 2.45) is 0 Å². The third-order valence-electron chi connectivity index (χ3n) is 10.9. The minimum absolute atomic E-state index is 0.447. The number of rotatable bonds is 3. The fraction of sp³-hybridized carbons (Fsp3) is 0.0204. The predicted octanol–water partition coefficient (Wildman–Crippen LogP) is 13.4. The van der Waals surface area contributed by atoms with Crippen LogP contribution in [-0.2, 0) is 5.41 Å². The SMILES string of the molecule is c1ccc(-c2ccc3c(c2)Sc2cc(-c4cccc5c4c4ccccc4n5-c4ccccc4)ccc2C32c3ccccc3Sc3ccccc32)cc1. The lowest BCUT2D eigenvalue weighted by molar-refractivity contribution is 0.667. The second kappa shape index (κ2) is 11.6. The van der Waals surface area contributed by atoms with Crippen molar-refractivity contribution in [1.82, 2.24) is 4.57 Å². The highest BCUT2D eigenvalue weighted by atomic mass is 32.2. The van der Waals surface area contributed by atoms with E-state index in [1.807, 2.05) is 23.5 Å². The molecule has 0 atom stereocenters. The van der Waals surface area contributed by atoms with E-state index in [4.69, 9.17) is 0 Å². The zero-order valence-corrected chi connectivity index (χ0v) is 29.8. The van der Waals surface area contributed by atoms with Crippen LogP contribution < -0.4 is 0 Å². The van der Waals surface area contributed by atoms with Crippen LogP contribution in [-0.4, -0.2) is 4.57 Å². The van der Waals surface area contributed by atoms with Crippen molar-refractivity contribution in [3.63, 3.8) is 0 Å². The Bertz CT molecular complexity index is 2810. The van der Waals surface area contributed by atoms with Gasteiger partial charge in [0.25, 0.3) is 0 Å². The fourth-order valence-electron chi connectivity index (χ4n) is 8.76. The molecule has 9 aromatic rings. The van der Waals surface area contributed by atoms with E-state index < -0.39 is 5.41 Å². The van der Waals surface area contributed by atoms with Gasteiger partial charge in [0.05, 0.1) is 16.4 Å². The molecule has 1 spiro atoms. The van der Waals surface area contributed by atoms with Gasteiger partial charge in [0.15, 0.2) is 0 Å². The first-order chi connectivity index (χ1) is 25.8. The largest absolute Gasteiger partial charge is 0.309 e. The van der Waals surface area contributed by atoms with E-state index in [9.17, 15) is 0 Å². The Balaban J connectivity index is 1.19. The van der Waals surface area contributed by atoms with E-state index >= 15 is 0 Å². The third-order valence-corrected chi connectivity index (χ3v) is 13.2. The monoisotopic (exact) mass is 697 g/mol. The van der Waals surface area contributed by atoms with Gasteiger partial charge in [-0.2, -0.15) is 0 Å². The van der Waals surface area contributed by atoms with Gasteiger partial charge in [-0.25, -0.2) is 0 Å². The van der Waals surface area contributed by atoms with Gasteiger partial charge < -0.3 is 4.57 Å². The van der Waals surface area contributed by atoms with Gasteiger partial charge in [0.1, 0.15) is 0 Å². The van der Waals surface area contributed by atoms with Crippen molar-refractivity contribution in [1.29, 1.82) is 0 Å². The number of nitrogens with zero attached hydrogens (tertiary/aromatic N) is 1. The summed E-state index contributed by atoms with van der Waals surface area (Å²) in [6.45, 7) is 0. The maximum Gasteiger partial charge on any atom is 0.0745 e. The second-order valence-electron chi connectivity index (χ2n) is 13.6. The summed E-state index contributed by atoms with van der Waals surface area (Å²) in [6.07, 6.45) is 0. The average molecular weight is 698 g/mol. The van der Waals surface area contributed by atoms with Gasteiger partial charge in [-0.3, -0.25) is 0 Å². The van der Waals surface area contributed by atoms with E-state index in [1.165, 1.54) is 91.6 Å². The van der Waals surface area contributed by atoms with Gasteiger partial charge in [-0.15, -0.1) is 0 Å². The maximum atomic E-state index is 2.47. The summed E-state index contributed by atoms with van der Waals surface area (Å²) in [5.74, 6) is 0. The third kappa shape index (κ3) is 4.27. The molecule has 52 heavy (non-hydrogen) atoms. The molecule has 0 fully saturated rings. The van der Waals surface area contributed by atoms with Crippen LogP contribution in [0.4, 0.5) is 0 Å². The van der Waals surface area contributed by atoms with Crippen LogP contribution in [0.15, 0.2) is 208 Å². The van der Waals surface area contributed by atoms with Crippen molar-refractivity contribution in [2.45, 2.75) is 25.0 Å². The molecule has 0 amide bonds. The standard InChI is InChI=1S/C49H31NS2/c1-3-14-32(15-4-1)33-26-28-40-46(30-33)52-47-31-34(27-29-41(47)49(40)38-20-8-11-24-44(38)51-45-25-12-9-21-39(45)49)36-19-13-23-43-48(36)37-18-7-10-22-42(37)50(43)35-16-5-2-6-17-35/h1-31H. The number of fused-ring (bicyclic) bond motifs is 11. The Morgan fingerprint density at radius 1 is 0.365 bits per heavy atom. The summed E-state index contributed by atoms with van der Waals surface area (Å²) in [5.41, 5.74) is 13.5. The Morgan fingerprint density at radius 3 is 1.63 bits per heavy atom. The minimum atomic E-state index is -0.447. The lowest BCUT2D eigenvalue weighted by Crippen LogP contribution is -2.36. The van der Waals surface area contributed by atoms with Crippen LogP contribution in [0.3, 0.4) is 0 Å². The van der Waals surface area contributed by atoms with Gasteiger partial charge in [-0.1, -0.05) is 163 Å². The Morgan fingerprint density at radius 2 is 0.904 bits per heavy atom. The molecular weight excluding hydrogens is 667 g/mol. The van der Waals surface area contributed by atoms with E-state index in [1.54, 1.807) is 0 Å². The number of aromatic nitrogens is 1. The van der Waals surface area contributed by atoms with Crippen LogP contribution in [0.1, 0.15) is 22.3 Å². The topological polar surface area (TPSA) is 4.93 Å². The number of para-hydroxylation sites is 2. The van der Waals surface area contributed by atoms with Gasteiger partial charge >= 0.3 is 0 Å². The Kier molecular flexibility index (Phi) is 6.70. The molecule has 244 valence electrons. The summed E-state index contributed by atoms with van der Waals surface area (Å²) in [4.78, 5) is 5.25. The molecule has 0 radical (unpaired) electrons. The summed E-state index contributed by atoms with van der Waals surface area (Å²) < 4.78 is 2.41. The summed E-state index contributed by atoms with van der Waals surface area (Å²) >= 11 is 3.81. The lowest BCUT2D eigenvalue weighted by Gasteiger charge is -2.45. The zero-order valence-electron chi connectivity index (χ0n) is 28.2. The lowest BCUT2D eigenvalue weighted by atomic mass is 9.64. The van der Waals surface area contributed by atoms with Crippen LogP contribution >= 0.6 is 23.5 Å². The van der Waals surface area contributed by atoms with Crippen molar-refractivity contribution < 1.29 is 0 Å². The average Bonchev–Trinajstić information content (AvgIpc) is 3.56. The van der Waals surface area contributed by atoms with Crippen molar-refractivity contribution in [3.05, 3.63) is 210 Å². The number of benzene rings is 8. The van der Waals surface area contributed by atoms with Crippen LogP contribution in [0.5, 0.6) is 0 Å². The van der Waals surface area contributed by atoms with Crippen LogP contribution in [0, 0.1) is 0 Å². The first-order valence-corrected chi connectivity index (χ1v) is 19.4. The normalized spacial score (nSPS) is 13.8. The van der Waals surface area contributed by atoms with E-state index in [2.05, 4.69) is 193 Å². The Hall–Kier alpha value is -5.74.